The van der Waals surface area contributed by atoms with E-state index in [0.29, 0.717) is 17.9 Å². The van der Waals surface area contributed by atoms with Crippen molar-refractivity contribution in [2.24, 2.45) is 5.41 Å². The fourth-order valence-corrected chi connectivity index (χ4v) is 2.18. The van der Waals surface area contributed by atoms with Gasteiger partial charge in [-0.3, -0.25) is 4.79 Å². The normalized spacial score (nSPS) is 15.7. The molecular formula is C15H18N4O2. The van der Waals surface area contributed by atoms with Crippen LogP contribution in [0.4, 0.5) is 5.69 Å². The van der Waals surface area contributed by atoms with E-state index < -0.39 is 0 Å². The van der Waals surface area contributed by atoms with Gasteiger partial charge in [0.2, 0.25) is 0 Å². The Kier molecular flexibility index (Phi) is 3.39. The fourth-order valence-electron chi connectivity index (χ4n) is 2.18. The number of benzene rings is 1. The highest BCUT2D eigenvalue weighted by atomic mass is 16.3. The molecule has 21 heavy (non-hydrogen) atoms. The molecule has 1 saturated carbocycles. The third-order valence-electron chi connectivity index (χ3n) is 3.87. The second kappa shape index (κ2) is 5.21. The molecular weight excluding hydrogens is 268 g/mol. The van der Waals surface area contributed by atoms with Gasteiger partial charge in [-0.25, -0.2) is 4.68 Å². The van der Waals surface area contributed by atoms with E-state index in [1.54, 1.807) is 29.1 Å². The van der Waals surface area contributed by atoms with Crippen LogP contribution >= 0.6 is 0 Å². The van der Waals surface area contributed by atoms with Gasteiger partial charge in [0, 0.05) is 23.8 Å². The number of nitrogens with one attached hydrogen (secondary N) is 1. The molecule has 0 atom stereocenters. The predicted molar refractivity (Wildman–Crippen MR) is 79.1 cm³/mol. The van der Waals surface area contributed by atoms with Crippen LogP contribution in [0.3, 0.4) is 0 Å². The number of carbonyl (C=O) groups is 1. The molecule has 0 aliphatic heterocycles. The molecule has 1 fully saturated rings. The van der Waals surface area contributed by atoms with Gasteiger partial charge in [0.1, 0.15) is 0 Å². The van der Waals surface area contributed by atoms with Crippen molar-refractivity contribution in [2.45, 2.75) is 12.8 Å². The van der Waals surface area contributed by atoms with Gasteiger partial charge in [-0.2, -0.15) is 5.10 Å². The molecule has 1 aromatic carbocycles. The Bertz CT molecular complexity index is 661. The van der Waals surface area contributed by atoms with Gasteiger partial charge in [0.25, 0.3) is 5.91 Å². The molecule has 0 bridgehead atoms. The smallest absolute Gasteiger partial charge is 0.271 e. The Hall–Kier alpha value is -2.34. The Balaban J connectivity index is 1.68. The number of nitrogens with zero attached hydrogens (tertiary/aromatic N) is 2. The van der Waals surface area contributed by atoms with Crippen LogP contribution < -0.4 is 11.1 Å². The van der Waals surface area contributed by atoms with E-state index >= 15 is 0 Å². The lowest BCUT2D eigenvalue weighted by molar-refractivity contribution is 0.0930. The molecule has 6 heteroatoms. The number of hydrogen-bond donors (Lipinski definition) is 3. The number of aliphatic hydroxyl groups excluding tert-OH is 1. The zero-order valence-corrected chi connectivity index (χ0v) is 11.6. The third-order valence-corrected chi connectivity index (χ3v) is 3.87. The quantitative estimate of drug-likeness (QED) is 0.714. The Morgan fingerprint density at radius 3 is 2.90 bits per heavy atom. The summed E-state index contributed by atoms with van der Waals surface area (Å²) in [4.78, 5) is 12.1. The topological polar surface area (TPSA) is 93.2 Å². The minimum atomic E-state index is -0.225. The summed E-state index contributed by atoms with van der Waals surface area (Å²) in [7, 11) is 0. The van der Waals surface area contributed by atoms with Crippen LogP contribution in [-0.2, 0) is 0 Å². The number of amides is 1. The minimum Gasteiger partial charge on any atom is -0.399 e. The summed E-state index contributed by atoms with van der Waals surface area (Å²) in [5.74, 6) is -0.225. The summed E-state index contributed by atoms with van der Waals surface area (Å²) in [6.45, 7) is 0.610. The van der Waals surface area contributed by atoms with Gasteiger partial charge in [-0.15, -0.1) is 0 Å². The highest BCUT2D eigenvalue weighted by Gasteiger charge is 2.42. The van der Waals surface area contributed by atoms with Crippen molar-refractivity contribution in [1.82, 2.24) is 15.1 Å². The maximum Gasteiger partial charge on any atom is 0.271 e. The third kappa shape index (κ3) is 2.90. The summed E-state index contributed by atoms with van der Waals surface area (Å²) in [5.41, 5.74) is 7.44. The highest BCUT2D eigenvalue weighted by Crippen LogP contribution is 2.44. The second-order valence-corrected chi connectivity index (χ2v) is 5.58. The lowest BCUT2D eigenvalue weighted by Gasteiger charge is -2.11. The van der Waals surface area contributed by atoms with Crippen molar-refractivity contribution >= 4 is 11.6 Å². The summed E-state index contributed by atoms with van der Waals surface area (Å²) >= 11 is 0. The van der Waals surface area contributed by atoms with Crippen LogP contribution in [0.25, 0.3) is 5.69 Å². The van der Waals surface area contributed by atoms with Gasteiger partial charge < -0.3 is 16.2 Å². The molecule has 0 saturated heterocycles. The maximum absolute atomic E-state index is 12.1. The van der Waals surface area contributed by atoms with Gasteiger partial charge in [-0.1, -0.05) is 6.07 Å². The molecule has 2 aromatic rings. The standard InChI is InChI=1S/C15H18N4O2/c16-11-2-1-3-12(8-11)19-7-4-13(18-19)14(21)17-9-15(10-20)5-6-15/h1-4,7-8,20H,5-6,9-10,16H2,(H,17,21). The van der Waals surface area contributed by atoms with Crippen molar-refractivity contribution in [2.75, 3.05) is 18.9 Å². The highest BCUT2D eigenvalue weighted by molar-refractivity contribution is 5.92. The molecule has 1 aliphatic carbocycles. The number of anilines is 1. The molecule has 1 aliphatic rings. The van der Waals surface area contributed by atoms with E-state index in [1.807, 2.05) is 12.1 Å². The number of aromatic nitrogens is 2. The van der Waals surface area contributed by atoms with Crippen LogP contribution in [-0.4, -0.2) is 33.9 Å². The Morgan fingerprint density at radius 1 is 1.43 bits per heavy atom. The fraction of sp³-hybridized carbons (Fsp3) is 0.333. The summed E-state index contributed by atoms with van der Waals surface area (Å²) < 4.78 is 1.62. The summed E-state index contributed by atoms with van der Waals surface area (Å²) in [6.07, 6.45) is 3.64. The van der Waals surface area contributed by atoms with E-state index in [2.05, 4.69) is 10.4 Å². The average molecular weight is 286 g/mol. The van der Waals surface area contributed by atoms with Crippen LogP contribution in [0.2, 0.25) is 0 Å². The van der Waals surface area contributed by atoms with Crippen molar-refractivity contribution < 1.29 is 9.90 Å². The molecule has 1 aromatic heterocycles. The van der Waals surface area contributed by atoms with Crippen molar-refractivity contribution in [3.8, 4) is 5.69 Å². The number of nitrogen functional groups attached to an aromatic ring is 1. The molecule has 6 nitrogen and oxygen atoms in total. The number of hydrogen-bond acceptors (Lipinski definition) is 4. The first kappa shape index (κ1) is 13.6. The van der Waals surface area contributed by atoms with Crippen molar-refractivity contribution in [1.29, 1.82) is 0 Å². The average Bonchev–Trinajstić information content (AvgIpc) is 3.11. The molecule has 0 unspecified atom stereocenters. The lowest BCUT2D eigenvalue weighted by atomic mass is 10.1. The van der Waals surface area contributed by atoms with Crippen LogP contribution in [0.5, 0.6) is 0 Å². The molecule has 0 spiro atoms. The number of nitrogens with two attached hydrogens (primary N) is 1. The maximum atomic E-state index is 12.1. The molecule has 1 heterocycles. The van der Waals surface area contributed by atoms with Crippen molar-refractivity contribution in [3.05, 3.63) is 42.2 Å². The molecule has 4 N–H and O–H groups in total. The van der Waals surface area contributed by atoms with Gasteiger partial charge >= 0.3 is 0 Å². The summed E-state index contributed by atoms with van der Waals surface area (Å²) in [5, 5.41) is 16.3. The lowest BCUT2D eigenvalue weighted by Crippen LogP contribution is -2.32. The number of carbonyl (C=O) groups excluding carboxylic acids is 1. The van der Waals surface area contributed by atoms with E-state index in [1.165, 1.54) is 0 Å². The first-order valence-corrected chi connectivity index (χ1v) is 6.93. The summed E-state index contributed by atoms with van der Waals surface area (Å²) in [6, 6.07) is 8.96. The Morgan fingerprint density at radius 2 is 2.24 bits per heavy atom. The number of rotatable bonds is 5. The Labute approximate surface area is 122 Å². The largest absolute Gasteiger partial charge is 0.399 e. The number of aliphatic hydroxyl groups is 1. The molecule has 3 rings (SSSR count). The zero-order chi connectivity index (χ0) is 14.9. The van der Waals surface area contributed by atoms with Crippen LogP contribution in [0, 0.1) is 5.41 Å². The van der Waals surface area contributed by atoms with Crippen LogP contribution in [0.15, 0.2) is 36.5 Å². The molecule has 0 radical (unpaired) electrons. The predicted octanol–water partition coefficient (Wildman–Crippen LogP) is 0.957. The van der Waals surface area contributed by atoms with E-state index in [9.17, 15) is 9.90 Å². The minimum absolute atomic E-state index is 0.105. The van der Waals surface area contributed by atoms with Crippen molar-refractivity contribution in [3.63, 3.8) is 0 Å². The van der Waals surface area contributed by atoms with E-state index in [0.717, 1.165) is 18.5 Å². The second-order valence-electron chi connectivity index (χ2n) is 5.58. The van der Waals surface area contributed by atoms with Crippen LogP contribution in [0.1, 0.15) is 23.3 Å². The van der Waals surface area contributed by atoms with E-state index in [4.69, 9.17) is 5.73 Å². The van der Waals surface area contributed by atoms with Gasteiger partial charge in [-0.05, 0) is 37.1 Å². The first-order valence-electron chi connectivity index (χ1n) is 6.93. The molecule has 110 valence electrons. The molecule has 1 amide bonds. The monoisotopic (exact) mass is 286 g/mol. The van der Waals surface area contributed by atoms with Gasteiger partial charge in [0.05, 0.1) is 12.3 Å². The van der Waals surface area contributed by atoms with E-state index in [-0.39, 0.29) is 17.9 Å². The zero-order valence-electron chi connectivity index (χ0n) is 11.6. The van der Waals surface area contributed by atoms with Gasteiger partial charge in [0.15, 0.2) is 5.69 Å². The SMILES string of the molecule is Nc1cccc(-n2ccc(C(=O)NCC3(CO)CC3)n2)c1. The first-order chi connectivity index (χ1) is 10.1.